The van der Waals surface area contributed by atoms with Gasteiger partial charge in [-0.3, -0.25) is 4.79 Å². The molecule has 118 valence electrons. The van der Waals surface area contributed by atoms with Crippen LogP contribution < -0.4 is 5.56 Å². The van der Waals surface area contributed by atoms with Crippen LogP contribution in [0.5, 0.6) is 0 Å². The average molecular weight is 306 g/mol. The van der Waals surface area contributed by atoms with Crippen LogP contribution in [0, 0.1) is 0 Å². The molecule has 0 N–H and O–H groups in total. The van der Waals surface area contributed by atoms with E-state index in [0.717, 1.165) is 41.5 Å². The normalized spacial score (nSPS) is 11.3. The van der Waals surface area contributed by atoms with Gasteiger partial charge in [-0.2, -0.15) is 0 Å². The van der Waals surface area contributed by atoms with E-state index in [1.54, 1.807) is 6.07 Å². The Morgan fingerprint density at radius 3 is 2.39 bits per heavy atom. The molecule has 3 rings (SSSR count). The van der Waals surface area contributed by atoms with E-state index in [2.05, 4.69) is 37.2 Å². The summed E-state index contributed by atoms with van der Waals surface area (Å²) in [6, 6.07) is 20.1. The van der Waals surface area contributed by atoms with Crippen molar-refractivity contribution in [1.82, 2.24) is 9.47 Å². The largest absolute Gasteiger partial charge is 0.309 e. The van der Waals surface area contributed by atoms with Crippen molar-refractivity contribution in [2.75, 3.05) is 20.6 Å². The third kappa shape index (κ3) is 3.35. The summed E-state index contributed by atoms with van der Waals surface area (Å²) >= 11 is 0. The van der Waals surface area contributed by atoms with Gasteiger partial charge in [0.05, 0.1) is 5.52 Å². The monoisotopic (exact) mass is 306 g/mol. The van der Waals surface area contributed by atoms with Crippen molar-refractivity contribution in [1.29, 1.82) is 0 Å². The van der Waals surface area contributed by atoms with E-state index in [4.69, 9.17) is 0 Å². The molecule has 0 atom stereocenters. The van der Waals surface area contributed by atoms with Crippen molar-refractivity contribution in [3.8, 4) is 11.1 Å². The molecule has 3 aromatic rings. The highest BCUT2D eigenvalue weighted by atomic mass is 16.1. The van der Waals surface area contributed by atoms with Crippen molar-refractivity contribution >= 4 is 10.9 Å². The van der Waals surface area contributed by atoms with Gasteiger partial charge in [0.25, 0.3) is 5.56 Å². The number of benzene rings is 2. The molecule has 0 spiro atoms. The highest BCUT2D eigenvalue weighted by molar-refractivity contribution is 5.94. The van der Waals surface area contributed by atoms with Crippen LogP contribution in [0.15, 0.2) is 65.5 Å². The topological polar surface area (TPSA) is 25.2 Å². The summed E-state index contributed by atoms with van der Waals surface area (Å²) in [6.45, 7) is 1.72. The molecule has 0 saturated heterocycles. The Balaban J connectivity index is 2.11. The molecule has 0 radical (unpaired) electrons. The Hall–Kier alpha value is -2.39. The molecule has 0 bridgehead atoms. The predicted molar refractivity (Wildman–Crippen MR) is 96.8 cm³/mol. The standard InChI is InChI=1S/C20H22N2O/c1-21(2)13-8-14-22-19-12-7-6-11-17(19)18(15-20(22)23)16-9-4-3-5-10-16/h3-7,9-12,15H,8,13-14H2,1-2H3. The zero-order valence-corrected chi connectivity index (χ0v) is 13.7. The van der Waals surface area contributed by atoms with E-state index in [9.17, 15) is 4.79 Å². The molecule has 0 aliphatic heterocycles. The molecule has 0 amide bonds. The predicted octanol–water partition coefficient (Wildman–Crippen LogP) is 3.62. The van der Waals surface area contributed by atoms with Gasteiger partial charge in [-0.1, -0.05) is 48.5 Å². The number of rotatable bonds is 5. The number of pyridine rings is 1. The summed E-state index contributed by atoms with van der Waals surface area (Å²) in [5.41, 5.74) is 3.18. The third-order valence-corrected chi connectivity index (χ3v) is 4.09. The number of para-hydroxylation sites is 1. The summed E-state index contributed by atoms with van der Waals surface area (Å²) in [7, 11) is 4.11. The molecular formula is C20H22N2O. The lowest BCUT2D eigenvalue weighted by molar-refractivity contribution is 0.386. The van der Waals surface area contributed by atoms with Crippen LogP contribution in [0.3, 0.4) is 0 Å². The van der Waals surface area contributed by atoms with Crippen LogP contribution in [0.4, 0.5) is 0 Å². The Kier molecular flexibility index (Phi) is 4.58. The van der Waals surface area contributed by atoms with Gasteiger partial charge in [-0.25, -0.2) is 0 Å². The van der Waals surface area contributed by atoms with Crippen molar-refractivity contribution in [3.63, 3.8) is 0 Å². The van der Waals surface area contributed by atoms with Crippen LogP contribution in [-0.2, 0) is 6.54 Å². The van der Waals surface area contributed by atoms with Crippen LogP contribution in [0.2, 0.25) is 0 Å². The van der Waals surface area contributed by atoms with E-state index in [1.165, 1.54) is 0 Å². The molecule has 0 fully saturated rings. The molecule has 0 saturated carbocycles. The minimum atomic E-state index is 0.0707. The molecular weight excluding hydrogens is 284 g/mol. The SMILES string of the molecule is CN(C)CCCn1c(=O)cc(-c2ccccc2)c2ccccc21. The highest BCUT2D eigenvalue weighted by Gasteiger charge is 2.09. The van der Waals surface area contributed by atoms with Crippen LogP contribution in [-0.4, -0.2) is 30.1 Å². The lowest BCUT2D eigenvalue weighted by Gasteiger charge is -2.15. The van der Waals surface area contributed by atoms with Crippen molar-refractivity contribution < 1.29 is 0 Å². The van der Waals surface area contributed by atoms with Crippen LogP contribution in [0.1, 0.15) is 6.42 Å². The quantitative estimate of drug-likeness (QED) is 0.719. The summed E-state index contributed by atoms with van der Waals surface area (Å²) in [4.78, 5) is 14.8. The van der Waals surface area contributed by atoms with Gasteiger partial charge in [-0.15, -0.1) is 0 Å². The molecule has 3 nitrogen and oxygen atoms in total. The zero-order valence-electron chi connectivity index (χ0n) is 13.7. The fraction of sp³-hybridized carbons (Fsp3) is 0.250. The summed E-state index contributed by atoms with van der Waals surface area (Å²) in [5.74, 6) is 0. The Bertz CT molecular complexity index is 850. The third-order valence-electron chi connectivity index (χ3n) is 4.09. The minimum absolute atomic E-state index is 0.0707. The fourth-order valence-electron chi connectivity index (χ4n) is 2.97. The second-order valence-corrected chi connectivity index (χ2v) is 6.09. The van der Waals surface area contributed by atoms with E-state index >= 15 is 0 Å². The number of fused-ring (bicyclic) bond motifs is 1. The van der Waals surface area contributed by atoms with Crippen molar-refractivity contribution in [2.24, 2.45) is 0 Å². The number of nitrogens with zero attached hydrogens (tertiary/aromatic N) is 2. The van der Waals surface area contributed by atoms with Crippen LogP contribution in [0.25, 0.3) is 22.0 Å². The zero-order chi connectivity index (χ0) is 16.2. The lowest BCUT2D eigenvalue weighted by atomic mass is 10.0. The smallest absolute Gasteiger partial charge is 0.251 e. The number of hydrogen-bond acceptors (Lipinski definition) is 2. The molecule has 1 heterocycles. The van der Waals surface area contributed by atoms with Gasteiger partial charge in [-0.05, 0) is 44.3 Å². The first kappa shape index (κ1) is 15.5. The van der Waals surface area contributed by atoms with E-state index < -0.39 is 0 Å². The maximum Gasteiger partial charge on any atom is 0.251 e. The maximum absolute atomic E-state index is 12.7. The van der Waals surface area contributed by atoms with Gasteiger partial charge in [0.2, 0.25) is 0 Å². The fourth-order valence-corrected chi connectivity index (χ4v) is 2.97. The number of aromatic nitrogens is 1. The average Bonchev–Trinajstić information content (AvgIpc) is 2.57. The van der Waals surface area contributed by atoms with E-state index in [0.29, 0.717) is 0 Å². The van der Waals surface area contributed by atoms with Crippen molar-refractivity contribution in [2.45, 2.75) is 13.0 Å². The van der Waals surface area contributed by atoms with E-state index in [-0.39, 0.29) is 5.56 Å². The minimum Gasteiger partial charge on any atom is -0.309 e. The molecule has 0 unspecified atom stereocenters. The first-order valence-electron chi connectivity index (χ1n) is 7.99. The summed E-state index contributed by atoms with van der Waals surface area (Å²) < 4.78 is 1.89. The van der Waals surface area contributed by atoms with Gasteiger partial charge >= 0.3 is 0 Å². The number of aryl methyl sites for hydroxylation is 1. The van der Waals surface area contributed by atoms with Gasteiger partial charge < -0.3 is 9.47 Å². The van der Waals surface area contributed by atoms with E-state index in [1.807, 2.05) is 41.0 Å². The first-order valence-corrected chi connectivity index (χ1v) is 7.99. The molecule has 2 aromatic carbocycles. The second-order valence-electron chi connectivity index (χ2n) is 6.09. The van der Waals surface area contributed by atoms with Crippen molar-refractivity contribution in [3.05, 3.63) is 71.0 Å². The van der Waals surface area contributed by atoms with Gasteiger partial charge in [0, 0.05) is 18.0 Å². The number of hydrogen-bond donors (Lipinski definition) is 0. The molecule has 3 heteroatoms. The molecule has 1 aromatic heterocycles. The first-order chi connectivity index (χ1) is 11.2. The molecule has 0 aliphatic carbocycles. The highest BCUT2D eigenvalue weighted by Crippen LogP contribution is 2.26. The molecule has 23 heavy (non-hydrogen) atoms. The van der Waals surface area contributed by atoms with Crippen LogP contribution >= 0.6 is 0 Å². The maximum atomic E-state index is 12.7. The van der Waals surface area contributed by atoms with Gasteiger partial charge in [0.15, 0.2) is 0 Å². The van der Waals surface area contributed by atoms with Gasteiger partial charge in [0.1, 0.15) is 0 Å². The summed E-state index contributed by atoms with van der Waals surface area (Å²) in [5, 5.41) is 1.13. The Morgan fingerprint density at radius 1 is 0.957 bits per heavy atom. The lowest BCUT2D eigenvalue weighted by Crippen LogP contribution is -2.23. The molecule has 0 aliphatic rings. The second kappa shape index (κ2) is 6.80. The Morgan fingerprint density at radius 2 is 1.65 bits per heavy atom. The Labute approximate surface area is 136 Å². The summed E-state index contributed by atoms with van der Waals surface area (Å²) in [6.07, 6.45) is 0.960.